The Labute approximate surface area is 96.9 Å². The molecule has 0 heterocycles. The lowest BCUT2D eigenvalue weighted by atomic mass is 9.93. The molecule has 4 heteroatoms. The van der Waals surface area contributed by atoms with E-state index in [1.165, 1.54) is 6.42 Å². The second-order valence-electron chi connectivity index (χ2n) is 5.05. The Balaban J connectivity index is 1.75. The maximum Gasteiger partial charge on any atom is 0.249 e. The number of nitrogens with one attached hydrogen (secondary N) is 1. The van der Waals surface area contributed by atoms with Crippen LogP contribution < -0.4 is 11.1 Å². The molecule has 3 N–H and O–H groups in total. The van der Waals surface area contributed by atoms with Gasteiger partial charge in [0.1, 0.15) is 6.10 Å². The zero-order valence-corrected chi connectivity index (χ0v) is 9.95. The molecule has 0 spiro atoms. The predicted molar refractivity (Wildman–Crippen MR) is 61.9 cm³/mol. The number of amides is 1. The lowest BCUT2D eigenvalue weighted by molar-refractivity contribution is -0.137. The number of hydrogen-bond acceptors (Lipinski definition) is 3. The van der Waals surface area contributed by atoms with Crippen LogP contribution in [0.5, 0.6) is 0 Å². The predicted octanol–water partition coefficient (Wildman–Crippen LogP) is 0.940. The van der Waals surface area contributed by atoms with Crippen molar-refractivity contribution in [1.82, 2.24) is 5.32 Å². The van der Waals surface area contributed by atoms with Crippen molar-refractivity contribution in [2.24, 2.45) is 5.73 Å². The number of nitrogens with two attached hydrogens (primary N) is 1. The minimum atomic E-state index is -0.366. The van der Waals surface area contributed by atoms with Gasteiger partial charge in [0.15, 0.2) is 0 Å². The number of hydrogen-bond donors (Lipinski definition) is 2. The second-order valence-corrected chi connectivity index (χ2v) is 5.05. The molecule has 16 heavy (non-hydrogen) atoms. The van der Waals surface area contributed by atoms with E-state index in [4.69, 9.17) is 10.5 Å². The van der Waals surface area contributed by atoms with Crippen LogP contribution >= 0.6 is 0 Å². The first kappa shape index (κ1) is 11.9. The van der Waals surface area contributed by atoms with Crippen LogP contribution in [0.25, 0.3) is 0 Å². The molecule has 2 aliphatic rings. The molecule has 0 aromatic heterocycles. The molecule has 0 bridgehead atoms. The first-order chi connectivity index (χ1) is 7.66. The standard InChI is InChI=1S/C12H22N2O2/c1-8(12(15)14-9-6-7-9)16-11-5-3-2-4-10(11)13/h8-11H,2-7,13H2,1H3,(H,14,15). The van der Waals surface area contributed by atoms with Crippen molar-refractivity contribution >= 4 is 5.91 Å². The van der Waals surface area contributed by atoms with Crippen LogP contribution in [0.15, 0.2) is 0 Å². The number of carbonyl (C=O) groups is 1. The van der Waals surface area contributed by atoms with Gasteiger partial charge in [-0.05, 0) is 32.6 Å². The third-order valence-electron chi connectivity index (χ3n) is 3.43. The summed E-state index contributed by atoms with van der Waals surface area (Å²) in [5.74, 6) is 0.0141. The van der Waals surface area contributed by atoms with E-state index in [1.54, 1.807) is 0 Å². The average Bonchev–Trinajstić information content (AvgIpc) is 3.05. The molecule has 3 atom stereocenters. The van der Waals surface area contributed by atoms with Crippen molar-refractivity contribution in [3.05, 3.63) is 0 Å². The highest BCUT2D eigenvalue weighted by Gasteiger charge is 2.29. The molecule has 2 rings (SSSR count). The first-order valence-electron chi connectivity index (χ1n) is 6.38. The topological polar surface area (TPSA) is 64.3 Å². The van der Waals surface area contributed by atoms with Crippen molar-refractivity contribution in [2.45, 2.75) is 69.7 Å². The molecule has 1 amide bonds. The lowest BCUT2D eigenvalue weighted by Gasteiger charge is -2.30. The van der Waals surface area contributed by atoms with Crippen molar-refractivity contribution in [3.8, 4) is 0 Å². The molecular formula is C12H22N2O2. The molecule has 4 nitrogen and oxygen atoms in total. The second kappa shape index (κ2) is 5.15. The minimum absolute atomic E-state index is 0.0141. The van der Waals surface area contributed by atoms with Crippen LogP contribution in [0.3, 0.4) is 0 Å². The fourth-order valence-corrected chi connectivity index (χ4v) is 2.16. The van der Waals surface area contributed by atoms with E-state index in [2.05, 4.69) is 5.32 Å². The van der Waals surface area contributed by atoms with Gasteiger partial charge in [-0.1, -0.05) is 12.8 Å². The van der Waals surface area contributed by atoms with E-state index in [1.807, 2.05) is 6.92 Å². The van der Waals surface area contributed by atoms with Gasteiger partial charge in [-0.25, -0.2) is 0 Å². The summed E-state index contributed by atoms with van der Waals surface area (Å²) in [6, 6.07) is 0.503. The molecule has 0 aliphatic heterocycles. The summed E-state index contributed by atoms with van der Waals surface area (Å²) in [5, 5.41) is 2.95. The summed E-state index contributed by atoms with van der Waals surface area (Å²) in [4.78, 5) is 11.7. The number of ether oxygens (including phenoxy) is 1. The molecule has 2 aliphatic carbocycles. The van der Waals surface area contributed by atoms with Gasteiger partial charge in [0, 0.05) is 12.1 Å². The average molecular weight is 226 g/mol. The summed E-state index contributed by atoms with van der Waals surface area (Å²) in [6.07, 6.45) is 6.27. The van der Waals surface area contributed by atoms with Gasteiger partial charge >= 0.3 is 0 Å². The quantitative estimate of drug-likeness (QED) is 0.750. The smallest absolute Gasteiger partial charge is 0.249 e. The highest BCUT2D eigenvalue weighted by molar-refractivity contribution is 5.80. The molecule has 3 unspecified atom stereocenters. The van der Waals surface area contributed by atoms with Crippen LogP contribution in [-0.2, 0) is 9.53 Å². The molecule has 92 valence electrons. The third-order valence-corrected chi connectivity index (χ3v) is 3.43. The van der Waals surface area contributed by atoms with Gasteiger partial charge in [0.25, 0.3) is 0 Å². The van der Waals surface area contributed by atoms with Crippen LogP contribution in [0.2, 0.25) is 0 Å². The Hall–Kier alpha value is -0.610. The SMILES string of the molecule is CC(OC1CCCCC1N)C(=O)NC1CC1. The van der Waals surface area contributed by atoms with Crippen LogP contribution in [0.4, 0.5) is 0 Å². The van der Waals surface area contributed by atoms with Crippen molar-refractivity contribution in [1.29, 1.82) is 0 Å². The maximum absolute atomic E-state index is 11.7. The van der Waals surface area contributed by atoms with Gasteiger partial charge < -0.3 is 15.8 Å². The van der Waals surface area contributed by atoms with Crippen molar-refractivity contribution in [2.75, 3.05) is 0 Å². The highest BCUT2D eigenvalue weighted by Crippen LogP contribution is 2.22. The normalized spacial score (nSPS) is 32.1. The van der Waals surface area contributed by atoms with Crippen LogP contribution in [0.1, 0.15) is 45.4 Å². The van der Waals surface area contributed by atoms with Crippen LogP contribution in [-0.4, -0.2) is 30.2 Å². The summed E-state index contributed by atoms with van der Waals surface area (Å²) >= 11 is 0. The molecule has 0 aromatic rings. The summed E-state index contributed by atoms with van der Waals surface area (Å²) in [7, 11) is 0. The van der Waals surface area contributed by atoms with Gasteiger partial charge in [-0.2, -0.15) is 0 Å². The fraction of sp³-hybridized carbons (Fsp3) is 0.917. The summed E-state index contributed by atoms with van der Waals surface area (Å²) in [6.45, 7) is 1.82. The Morgan fingerprint density at radius 1 is 1.31 bits per heavy atom. The molecular weight excluding hydrogens is 204 g/mol. The largest absolute Gasteiger partial charge is 0.364 e. The number of carbonyl (C=O) groups excluding carboxylic acids is 1. The maximum atomic E-state index is 11.7. The molecule has 2 saturated carbocycles. The minimum Gasteiger partial charge on any atom is -0.364 e. The Morgan fingerprint density at radius 3 is 2.62 bits per heavy atom. The van der Waals surface area contributed by atoms with Gasteiger partial charge in [-0.3, -0.25) is 4.79 Å². The van der Waals surface area contributed by atoms with E-state index < -0.39 is 0 Å². The van der Waals surface area contributed by atoms with E-state index in [0.29, 0.717) is 6.04 Å². The van der Waals surface area contributed by atoms with Crippen molar-refractivity contribution < 1.29 is 9.53 Å². The first-order valence-corrected chi connectivity index (χ1v) is 6.38. The summed E-state index contributed by atoms with van der Waals surface area (Å²) in [5.41, 5.74) is 5.98. The van der Waals surface area contributed by atoms with Crippen molar-refractivity contribution in [3.63, 3.8) is 0 Å². The molecule has 0 radical (unpaired) electrons. The fourth-order valence-electron chi connectivity index (χ4n) is 2.16. The van der Waals surface area contributed by atoms with E-state index in [-0.39, 0.29) is 24.2 Å². The third kappa shape index (κ3) is 3.19. The van der Waals surface area contributed by atoms with E-state index in [9.17, 15) is 4.79 Å². The molecule has 0 saturated heterocycles. The lowest BCUT2D eigenvalue weighted by Crippen LogP contribution is -2.45. The van der Waals surface area contributed by atoms with Gasteiger partial charge in [0.05, 0.1) is 6.10 Å². The zero-order valence-electron chi connectivity index (χ0n) is 9.95. The van der Waals surface area contributed by atoms with E-state index in [0.717, 1.165) is 32.1 Å². The molecule has 0 aromatic carbocycles. The highest BCUT2D eigenvalue weighted by atomic mass is 16.5. The van der Waals surface area contributed by atoms with Crippen LogP contribution in [0, 0.1) is 0 Å². The Morgan fingerprint density at radius 2 is 2.00 bits per heavy atom. The van der Waals surface area contributed by atoms with E-state index >= 15 is 0 Å². The number of rotatable bonds is 4. The van der Waals surface area contributed by atoms with Gasteiger partial charge in [-0.15, -0.1) is 0 Å². The Kier molecular flexibility index (Phi) is 3.82. The zero-order chi connectivity index (χ0) is 11.5. The monoisotopic (exact) mass is 226 g/mol. The Bertz CT molecular complexity index is 253. The summed E-state index contributed by atoms with van der Waals surface area (Å²) < 4.78 is 5.76. The van der Waals surface area contributed by atoms with Gasteiger partial charge in [0.2, 0.25) is 5.91 Å². The molecule has 2 fully saturated rings.